The van der Waals surface area contributed by atoms with Crippen molar-refractivity contribution in [3.8, 4) is 0 Å². The molecule has 0 amide bonds. The predicted molar refractivity (Wildman–Crippen MR) is 82.6 cm³/mol. The number of hydrogen-bond donors (Lipinski definition) is 2. The van der Waals surface area contributed by atoms with Crippen molar-refractivity contribution in [1.82, 2.24) is 9.97 Å². The molecular weight excluding hydrogens is 298 g/mol. The molecule has 1 fully saturated rings. The number of nitrogen functional groups attached to an aromatic ring is 1. The van der Waals surface area contributed by atoms with Gasteiger partial charge in [-0.25, -0.2) is 24.2 Å². The topological polar surface area (TPSA) is 101 Å². The molecule has 0 bridgehead atoms. The van der Waals surface area contributed by atoms with Crippen LogP contribution in [0.15, 0.2) is 0 Å². The summed E-state index contributed by atoms with van der Waals surface area (Å²) in [6, 6.07) is 0. The van der Waals surface area contributed by atoms with Gasteiger partial charge in [0.1, 0.15) is 22.8 Å². The third kappa shape index (κ3) is 2.99. The zero-order chi connectivity index (χ0) is 14.9. The van der Waals surface area contributed by atoms with Crippen molar-refractivity contribution >= 4 is 33.2 Å². The molecule has 1 atom stereocenters. The van der Waals surface area contributed by atoms with Crippen LogP contribution in [0, 0.1) is 13.8 Å². The number of thioether (sulfide) groups is 1. The molecule has 1 aromatic rings. The van der Waals surface area contributed by atoms with E-state index in [4.69, 9.17) is 5.84 Å². The van der Waals surface area contributed by atoms with Gasteiger partial charge < -0.3 is 10.3 Å². The van der Waals surface area contributed by atoms with Gasteiger partial charge in [-0.15, -0.1) is 0 Å². The molecular formula is C11H19N5O2S2. The van der Waals surface area contributed by atoms with Gasteiger partial charge in [-0.05, 0) is 13.8 Å². The van der Waals surface area contributed by atoms with E-state index in [0.29, 0.717) is 29.8 Å². The Bertz CT molecular complexity index is 605. The standard InChI is InChI=1S/C11H19N5O2S2/c1-7-10(15-12)13-8(2)14-11(7)16-4-5-19-6-9(16)20(3,17)18/h9H,4-6,12H2,1-3H3,(H,13,14,15). The normalized spacial score (nSPS) is 20.0. The Labute approximate surface area is 123 Å². The molecule has 0 aromatic carbocycles. The maximum absolute atomic E-state index is 12.0. The van der Waals surface area contributed by atoms with Crippen LogP contribution in [0.5, 0.6) is 0 Å². The van der Waals surface area contributed by atoms with Crippen LogP contribution in [0.4, 0.5) is 11.6 Å². The Morgan fingerprint density at radius 3 is 2.70 bits per heavy atom. The van der Waals surface area contributed by atoms with Crippen molar-refractivity contribution in [2.75, 3.05) is 34.6 Å². The summed E-state index contributed by atoms with van der Waals surface area (Å²) in [5, 5.41) is -0.556. The fourth-order valence-corrected chi connectivity index (χ4v) is 5.03. The largest absolute Gasteiger partial charge is 0.338 e. The Morgan fingerprint density at radius 1 is 1.40 bits per heavy atom. The first kappa shape index (κ1) is 15.3. The van der Waals surface area contributed by atoms with Gasteiger partial charge in [0.05, 0.1) is 0 Å². The molecule has 2 heterocycles. The summed E-state index contributed by atoms with van der Waals surface area (Å²) < 4.78 is 24.0. The number of nitrogens with zero attached hydrogens (tertiary/aromatic N) is 3. The van der Waals surface area contributed by atoms with Crippen LogP contribution in [0.2, 0.25) is 0 Å². The van der Waals surface area contributed by atoms with Gasteiger partial charge in [-0.3, -0.25) is 0 Å². The molecule has 0 spiro atoms. The molecule has 112 valence electrons. The van der Waals surface area contributed by atoms with Crippen LogP contribution in [-0.4, -0.2) is 48.1 Å². The highest BCUT2D eigenvalue weighted by Gasteiger charge is 2.33. The van der Waals surface area contributed by atoms with Crippen LogP contribution in [0.25, 0.3) is 0 Å². The number of sulfone groups is 1. The Kier molecular flexibility index (Phi) is 4.40. The minimum Gasteiger partial charge on any atom is -0.338 e. The van der Waals surface area contributed by atoms with Crippen molar-refractivity contribution in [3.63, 3.8) is 0 Å². The second-order valence-corrected chi connectivity index (χ2v) is 8.12. The first-order chi connectivity index (χ1) is 9.34. The van der Waals surface area contributed by atoms with Crippen molar-refractivity contribution in [2.24, 2.45) is 5.84 Å². The number of aromatic nitrogens is 2. The Balaban J connectivity index is 2.50. The van der Waals surface area contributed by atoms with E-state index in [1.807, 2.05) is 11.8 Å². The summed E-state index contributed by atoms with van der Waals surface area (Å²) in [6.07, 6.45) is 1.27. The van der Waals surface area contributed by atoms with Crippen LogP contribution in [0.1, 0.15) is 11.4 Å². The van der Waals surface area contributed by atoms with Gasteiger partial charge in [0.25, 0.3) is 0 Å². The van der Waals surface area contributed by atoms with E-state index in [2.05, 4.69) is 15.4 Å². The van der Waals surface area contributed by atoms with E-state index in [-0.39, 0.29) is 0 Å². The highest BCUT2D eigenvalue weighted by atomic mass is 32.2. The van der Waals surface area contributed by atoms with Crippen LogP contribution < -0.4 is 16.2 Å². The minimum atomic E-state index is -3.18. The quantitative estimate of drug-likeness (QED) is 0.606. The molecule has 1 aliphatic rings. The third-order valence-electron chi connectivity index (χ3n) is 3.22. The number of nitrogens with two attached hydrogens (primary N) is 1. The molecule has 0 radical (unpaired) electrons. The lowest BCUT2D eigenvalue weighted by atomic mass is 10.2. The summed E-state index contributed by atoms with van der Waals surface area (Å²) in [5.41, 5.74) is 3.30. The number of aryl methyl sites for hydroxylation is 1. The predicted octanol–water partition coefficient (Wildman–Crippen LogP) is 0.303. The number of nitrogens with one attached hydrogen (secondary N) is 1. The van der Waals surface area contributed by atoms with E-state index in [0.717, 1.165) is 11.3 Å². The number of rotatable bonds is 3. The monoisotopic (exact) mass is 317 g/mol. The molecule has 1 aromatic heterocycles. The van der Waals surface area contributed by atoms with Crippen molar-refractivity contribution in [2.45, 2.75) is 19.2 Å². The Morgan fingerprint density at radius 2 is 2.10 bits per heavy atom. The maximum Gasteiger partial charge on any atom is 0.169 e. The fraction of sp³-hybridized carbons (Fsp3) is 0.636. The van der Waals surface area contributed by atoms with Gasteiger partial charge in [0, 0.05) is 29.9 Å². The second kappa shape index (κ2) is 5.74. The number of hydrazine groups is 1. The van der Waals surface area contributed by atoms with Gasteiger partial charge in [0.2, 0.25) is 0 Å². The zero-order valence-corrected chi connectivity index (χ0v) is 13.4. The lowest BCUT2D eigenvalue weighted by molar-refractivity contribution is 0.583. The first-order valence-electron chi connectivity index (χ1n) is 6.19. The van der Waals surface area contributed by atoms with Gasteiger partial charge in [0.15, 0.2) is 9.84 Å². The van der Waals surface area contributed by atoms with Crippen molar-refractivity contribution in [1.29, 1.82) is 0 Å². The average molecular weight is 317 g/mol. The Hall–Kier alpha value is -1.06. The summed E-state index contributed by atoms with van der Waals surface area (Å²) >= 11 is 1.64. The molecule has 1 aliphatic heterocycles. The van der Waals surface area contributed by atoms with Crippen molar-refractivity contribution in [3.05, 3.63) is 11.4 Å². The van der Waals surface area contributed by atoms with Gasteiger partial charge in [-0.2, -0.15) is 11.8 Å². The first-order valence-corrected chi connectivity index (χ1v) is 9.30. The molecule has 20 heavy (non-hydrogen) atoms. The van der Waals surface area contributed by atoms with E-state index in [1.165, 1.54) is 6.26 Å². The van der Waals surface area contributed by atoms with E-state index >= 15 is 0 Å². The van der Waals surface area contributed by atoms with Gasteiger partial charge >= 0.3 is 0 Å². The smallest absolute Gasteiger partial charge is 0.169 e. The average Bonchev–Trinajstić information content (AvgIpc) is 2.40. The van der Waals surface area contributed by atoms with Crippen LogP contribution in [-0.2, 0) is 9.84 Å². The van der Waals surface area contributed by atoms with E-state index in [9.17, 15) is 8.42 Å². The minimum absolute atomic E-state index is 0.526. The molecule has 0 aliphatic carbocycles. The SMILES string of the molecule is Cc1nc(NN)c(C)c(N2CCSCC2S(C)(=O)=O)n1. The molecule has 0 saturated carbocycles. The summed E-state index contributed by atoms with van der Waals surface area (Å²) in [4.78, 5) is 10.5. The number of anilines is 2. The molecule has 7 nitrogen and oxygen atoms in total. The summed E-state index contributed by atoms with van der Waals surface area (Å²) in [5.74, 6) is 8.61. The third-order valence-corrected chi connectivity index (χ3v) is 5.86. The van der Waals surface area contributed by atoms with E-state index in [1.54, 1.807) is 18.7 Å². The summed E-state index contributed by atoms with van der Waals surface area (Å²) in [7, 11) is -3.18. The highest BCUT2D eigenvalue weighted by molar-refractivity contribution is 8.01. The lowest BCUT2D eigenvalue weighted by Gasteiger charge is -2.36. The van der Waals surface area contributed by atoms with Crippen LogP contribution >= 0.6 is 11.8 Å². The van der Waals surface area contributed by atoms with Gasteiger partial charge in [-0.1, -0.05) is 0 Å². The molecule has 1 unspecified atom stereocenters. The maximum atomic E-state index is 12.0. The molecule has 9 heteroatoms. The second-order valence-electron chi connectivity index (χ2n) is 4.76. The highest BCUT2D eigenvalue weighted by Crippen LogP contribution is 2.30. The molecule has 2 rings (SSSR count). The van der Waals surface area contributed by atoms with Crippen molar-refractivity contribution < 1.29 is 8.42 Å². The molecule has 3 N–H and O–H groups in total. The van der Waals surface area contributed by atoms with E-state index < -0.39 is 15.2 Å². The fourth-order valence-electron chi connectivity index (χ4n) is 2.21. The number of hydrogen-bond acceptors (Lipinski definition) is 8. The summed E-state index contributed by atoms with van der Waals surface area (Å²) in [6.45, 7) is 4.24. The lowest BCUT2D eigenvalue weighted by Crippen LogP contribution is -2.47. The van der Waals surface area contributed by atoms with Crippen LogP contribution in [0.3, 0.4) is 0 Å². The molecule has 1 saturated heterocycles. The zero-order valence-electron chi connectivity index (χ0n) is 11.8.